The third kappa shape index (κ3) is 3.17. The van der Waals surface area contributed by atoms with E-state index in [0.717, 1.165) is 16.4 Å². The summed E-state index contributed by atoms with van der Waals surface area (Å²) < 4.78 is 18.8. The second-order valence-electron chi connectivity index (χ2n) is 3.65. The summed E-state index contributed by atoms with van der Waals surface area (Å²) in [5, 5.41) is 0.266. The summed E-state index contributed by atoms with van der Waals surface area (Å²) in [5.41, 5.74) is 0.437. The van der Waals surface area contributed by atoms with Gasteiger partial charge in [0.05, 0.1) is 12.1 Å². The number of ether oxygens (including phenoxy) is 1. The number of rotatable bonds is 4. The van der Waals surface area contributed by atoms with Crippen molar-refractivity contribution < 1.29 is 14.0 Å². The molecule has 1 aliphatic heterocycles. The van der Waals surface area contributed by atoms with E-state index in [1.807, 2.05) is 0 Å². The van der Waals surface area contributed by atoms with Gasteiger partial charge in [-0.2, -0.15) is 0 Å². The molecule has 1 fully saturated rings. The molecule has 20 heavy (non-hydrogen) atoms. The number of urea groups is 1. The van der Waals surface area contributed by atoms with Crippen molar-refractivity contribution in [2.24, 2.45) is 0 Å². The third-order valence-electron chi connectivity index (χ3n) is 2.50. The van der Waals surface area contributed by atoms with Gasteiger partial charge in [-0.25, -0.2) is 4.79 Å². The van der Waals surface area contributed by atoms with Gasteiger partial charge in [-0.3, -0.25) is 4.90 Å². The van der Waals surface area contributed by atoms with Crippen molar-refractivity contribution in [2.75, 3.05) is 18.7 Å². The van der Waals surface area contributed by atoms with E-state index in [2.05, 4.69) is 0 Å². The maximum atomic E-state index is 13.7. The molecular formula is C10H9Cl3FN3O2S. The second kappa shape index (κ2) is 6.44. The molecule has 0 spiro atoms. The number of nitrogens with zero attached hydrogens (tertiary/aromatic N) is 3. The molecule has 2 amide bonds. The standard InChI is InChI=1S/C10H9Cl3FN3O2S/c1-19-8-3-2-6(4-7(8)11)15-5-16(20-9(12)13)17(14)10(15)18/h2-4,9H,5H2,1H3. The van der Waals surface area contributed by atoms with Crippen LogP contribution < -0.4 is 9.64 Å². The lowest BCUT2D eigenvalue weighted by Gasteiger charge is -2.16. The molecule has 10 heteroatoms. The maximum Gasteiger partial charge on any atom is 0.370 e. The Balaban J connectivity index is 2.21. The molecule has 1 aromatic carbocycles. The van der Waals surface area contributed by atoms with Crippen LogP contribution >= 0.6 is 46.8 Å². The van der Waals surface area contributed by atoms with Crippen molar-refractivity contribution in [1.82, 2.24) is 9.65 Å². The molecule has 0 aromatic heterocycles. The molecule has 1 heterocycles. The predicted octanol–water partition coefficient (Wildman–Crippen LogP) is 4.06. The van der Waals surface area contributed by atoms with Crippen molar-refractivity contribution in [3.05, 3.63) is 23.2 Å². The van der Waals surface area contributed by atoms with E-state index in [1.165, 1.54) is 18.1 Å². The first kappa shape index (κ1) is 15.8. The highest BCUT2D eigenvalue weighted by molar-refractivity contribution is 8.00. The van der Waals surface area contributed by atoms with Crippen molar-refractivity contribution in [2.45, 2.75) is 4.17 Å². The average Bonchev–Trinajstić information content (AvgIpc) is 2.66. The van der Waals surface area contributed by atoms with Gasteiger partial charge in [0.1, 0.15) is 12.4 Å². The van der Waals surface area contributed by atoms with Crippen molar-refractivity contribution >= 4 is 58.5 Å². The Labute approximate surface area is 134 Å². The smallest absolute Gasteiger partial charge is 0.370 e. The van der Waals surface area contributed by atoms with E-state index in [1.54, 1.807) is 12.1 Å². The van der Waals surface area contributed by atoms with Crippen LogP contribution in [0, 0.1) is 0 Å². The van der Waals surface area contributed by atoms with Crippen LogP contribution in [0.3, 0.4) is 0 Å². The van der Waals surface area contributed by atoms with Crippen molar-refractivity contribution in [1.29, 1.82) is 0 Å². The number of hydrogen-bond acceptors (Lipinski definition) is 4. The molecule has 1 saturated heterocycles. The largest absolute Gasteiger partial charge is 0.495 e. The van der Waals surface area contributed by atoms with Crippen LogP contribution in [0.15, 0.2) is 18.2 Å². The number of hydrazine groups is 1. The zero-order valence-corrected chi connectivity index (χ0v) is 13.2. The zero-order valence-electron chi connectivity index (χ0n) is 10.1. The summed E-state index contributed by atoms with van der Waals surface area (Å²) in [6.07, 6.45) is 0. The van der Waals surface area contributed by atoms with Crippen molar-refractivity contribution in [3.63, 3.8) is 0 Å². The van der Waals surface area contributed by atoms with Crippen LogP contribution in [0.25, 0.3) is 0 Å². The molecule has 0 radical (unpaired) electrons. The van der Waals surface area contributed by atoms with Gasteiger partial charge in [0, 0.05) is 5.69 Å². The summed E-state index contributed by atoms with van der Waals surface area (Å²) in [5.74, 6) is 0.465. The molecule has 110 valence electrons. The fourth-order valence-corrected chi connectivity index (χ4v) is 2.94. The lowest BCUT2D eigenvalue weighted by Crippen LogP contribution is -2.28. The Morgan fingerprint density at radius 3 is 2.70 bits per heavy atom. The SMILES string of the molecule is COc1ccc(N2CN(SC(Cl)Cl)N(F)C2=O)cc1Cl. The van der Waals surface area contributed by atoms with E-state index >= 15 is 0 Å². The van der Waals surface area contributed by atoms with E-state index in [9.17, 15) is 9.28 Å². The highest BCUT2D eigenvalue weighted by Gasteiger charge is 2.39. The molecular weight excluding hydrogens is 352 g/mol. The Bertz CT molecular complexity index is 523. The van der Waals surface area contributed by atoms with Crippen LogP contribution in [0.1, 0.15) is 0 Å². The first-order valence-electron chi connectivity index (χ1n) is 5.27. The first-order chi connectivity index (χ1) is 9.43. The van der Waals surface area contributed by atoms with Gasteiger partial charge in [0.15, 0.2) is 4.17 Å². The summed E-state index contributed by atoms with van der Waals surface area (Å²) in [6.45, 7) is -0.0431. The maximum absolute atomic E-state index is 13.7. The first-order valence-corrected chi connectivity index (χ1v) is 7.36. The quantitative estimate of drug-likeness (QED) is 0.461. The number of benzene rings is 1. The molecule has 2 rings (SSSR count). The molecule has 0 N–H and O–H groups in total. The summed E-state index contributed by atoms with van der Waals surface area (Å²) in [7, 11) is 1.48. The Hall–Kier alpha value is -0.600. The third-order valence-corrected chi connectivity index (χ3v) is 3.93. The minimum atomic E-state index is -0.888. The van der Waals surface area contributed by atoms with Gasteiger partial charge >= 0.3 is 6.03 Å². The number of carbonyl (C=O) groups excluding carboxylic acids is 1. The zero-order chi connectivity index (χ0) is 14.9. The lowest BCUT2D eigenvalue weighted by atomic mass is 10.3. The number of methoxy groups -OCH3 is 1. The Morgan fingerprint density at radius 2 is 2.15 bits per heavy atom. The van der Waals surface area contributed by atoms with Gasteiger partial charge in [0.2, 0.25) is 0 Å². The molecule has 0 saturated carbocycles. The summed E-state index contributed by atoms with van der Waals surface area (Å²) in [6, 6.07) is 3.85. The van der Waals surface area contributed by atoms with E-state index < -0.39 is 10.2 Å². The van der Waals surface area contributed by atoms with Crippen LogP contribution in [0.5, 0.6) is 5.75 Å². The number of halogens is 4. The summed E-state index contributed by atoms with van der Waals surface area (Å²) in [4.78, 5) is 13.0. The number of alkyl halides is 2. The minimum absolute atomic E-state index is 0.0431. The van der Waals surface area contributed by atoms with Crippen LogP contribution in [-0.2, 0) is 0 Å². The van der Waals surface area contributed by atoms with Gasteiger partial charge in [0.25, 0.3) is 0 Å². The van der Waals surface area contributed by atoms with Crippen molar-refractivity contribution in [3.8, 4) is 5.75 Å². The Kier molecular flexibility index (Phi) is 5.09. The average molecular weight is 361 g/mol. The number of carbonyl (C=O) groups is 1. The fourth-order valence-electron chi connectivity index (χ4n) is 1.61. The number of amides is 2. The monoisotopic (exact) mass is 359 g/mol. The van der Waals surface area contributed by atoms with Gasteiger partial charge in [-0.05, 0) is 30.1 Å². The van der Waals surface area contributed by atoms with E-state index in [-0.39, 0.29) is 11.9 Å². The van der Waals surface area contributed by atoms with E-state index in [4.69, 9.17) is 39.5 Å². The van der Waals surface area contributed by atoms with Gasteiger partial charge < -0.3 is 4.74 Å². The van der Waals surface area contributed by atoms with Crippen LogP contribution in [0.2, 0.25) is 5.02 Å². The molecule has 1 aromatic rings. The molecule has 0 atom stereocenters. The van der Waals surface area contributed by atoms with E-state index in [0.29, 0.717) is 16.5 Å². The predicted molar refractivity (Wildman–Crippen MR) is 78.6 cm³/mol. The number of anilines is 1. The highest BCUT2D eigenvalue weighted by Crippen LogP contribution is 2.35. The molecule has 1 aliphatic rings. The normalized spacial score (nSPS) is 16.4. The number of hydrogen-bond donors (Lipinski definition) is 0. The van der Waals surface area contributed by atoms with Crippen LogP contribution in [0.4, 0.5) is 15.0 Å². The fraction of sp³-hybridized carbons (Fsp3) is 0.300. The van der Waals surface area contributed by atoms with Gasteiger partial charge in [-0.15, -0.1) is 4.41 Å². The van der Waals surface area contributed by atoms with Gasteiger partial charge in [-0.1, -0.05) is 44.5 Å². The summed E-state index contributed by atoms with van der Waals surface area (Å²) >= 11 is 17.9. The topological polar surface area (TPSA) is 36.0 Å². The molecule has 0 aliphatic carbocycles. The second-order valence-corrected chi connectivity index (χ2v) is 6.77. The molecule has 0 bridgehead atoms. The van der Waals surface area contributed by atoms with Crippen LogP contribution in [-0.4, -0.2) is 33.6 Å². The molecule has 0 unspecified atom stereocenters. The highest BCUT2D eigenvalue weighted by atomic mass is 35.5. The lowest BCUT2D eigenvalue weighted by molar-refractivity contribution is -0.0290. The minimum Gasteiger partial charge on any atom is -0.495 e. The Morgan fingerprint density at radius 1 is 1.45 bits per heavy atom. The molecule has 5 nitrogen and oxygen atoms in total.